The molecule has 1 saturated heterocycles. The average Bonchev–Trinajstić information content (AvgIpc) is 2.82. The lowest BCUT2D eigenvalue weighted by molar-refractivity contribution is -0.0498. The number of aromatic nitrogens is 3. The fourth-order valence-corrected chi connectivity index (χ4v) is 4.30. The van der Waals surface area contributed by atoms with Gasteiger partial charge in [-0.3, -0.25) is 4.98 Å². The van der Waals surface area contributed by atoms with Gasteiger partial charge >= 0.3 is 6.61 Å². The molecule has 2 aromatic heterocycles. The van der Waals surface area contributed by atoms with E-state index in [1.54, 1.807) is 30.5 Å². The molecule has 34 heavy (non-hydrogen) atoms. The molecule has 0 bridgehead atoms. The van der Waals surface area contributed by atoms with E-state index in [1.807, 2.05) is 30.5 Å². The highest BCUT2D eigenvalue weighted by atomic mass is 19.3. The number of hydrogen-bond donors (Lipinski definition) is 0. The number of fused-ring (bicyclic) bond motifs is 2. The van der Waals surface area contributed by atoms with Gasteiger partial charge in [-0.15, -0.1) is 0 Å². The lowest BCUT2D eigenvalue weighted by Crippen LogP contribution is -2.38. The molecule has 0 unspecified atom stereocenters. The Labute approximate surface area is 195 Å². The number of hydrogen-bond acceptors (Lipinski definition) is 6. The van der Waals surface area contributed by atoms with E-state index in [0.29, 0.717) is 6.54 Å². The predicted molar refractivity (Wildman–Crippen MR) is 127 cm³/mol. The van der Waals surface area contributed by atoms with Crippen LogP contribution in [0.15, 0.2) is 73.2 Å². The van der Waals surface area contributed by atoms with Crippen molar-refractivity contribution < 1.29 is 13.5 Å². The van der Waals surface area contributed by atoms with Gasteiger partial charge in [0.15, 0.2) is 0 Å². The first-order valence-corrected chi connectivity index (χ1v) is 11.1. The van der Waals surface area contributed by atoms with Crippen LogP contribution in [0.2, 0.25) is 0 Å². The summed E-state index contributed by atoms with van der Waals surface area (Å²) in [6, 6.07) is 16.8. The maximum Gasteiger partial charge on any atom is 0.387 e. The van der Waals surface area contributed by atoms with Crippen molar-refractivity contribution in [2.75, 3.05) is 22.9 Å². The number of rotatable bonds is 5. The number of nitrogens with zero attached hydrogens (tertiary/aromatic N) is 5. The van der Waals surface area contributed by atoms with Crippen LogP contribution in [0.5, 0.6) is 5.75 Å². The molecule has 0 aliphatic carbocycles. The zero-order valence-corrected chi connectivity index (χ0v) is 18.2. The molecule has 170 valence electrons. The Kier molecular flexibility index (Phi) is 5.05. The van der Waals surface area contributed by atoms with E-state index in [1.165, 1.54) is 0 Å². The number of alkyl halides is 2. The van der Waals surface area contributed by atoms with Gasteiger partial charge in [0, 0.05) is 53.9 Å². The van der Waals surface area contributed by atoms with Crippen molar-refractivity contribution in [1.82, 2.24) is 15.0 Å². The Hall–Kier alpha value is -4.07. The van der Waals surface area contributed by atoms with Gasteiger partial charge in [0.2, 0.25) is 5.95 Å². The van der Waals surface area contributed by atoms with Gasteiger partial charge in [-0.05, 0) is 48.4 Å². The van der Waals surface area contributed by atoms with Crippen molar-refractivity contribution in [3.63, 3.8) is 0 Å². The highest BCUT2D eigenvalue weighted by Crippen LogP contribution is 2.35. The largest absolute Gasteiger partial charge is 0.435 e. The molecule has 0 amide bonds. The standard InChI is InChI=1S/C26H21F2N5O/c27-25(28)34-21-7-4-17(5-8-21)22-16-33(20-6-9-23-18(13-20)3-1-10-29-23)15-19-14-30-26(31-24(19)22)32-11-2-12-32/h1,3-10,13-14,16,25H,2,11-12,15H2. The van der Waals surface area contributed by atoms with Crippen LogP contribution in [0.25, 0.3) is 16.5 Å². The molecule has 0 spiro atoms. The number of pyridine rings is 1. The molecule has 0 atom stereocenters. The monoisotopic (exact) mass is 457 g/mol. The predicted octanol–water partition coefficient (Wildman–Crippen LogP) is 5.25. The Balaban J connectivity index is 1.43. The molecule has 0 saturated carbocycles. The van der Waals surface area contributed by atoms with Crippen LogP contribution >= 0.6 is 0 Å². The van der Waals surface area contributed by atoms with Gasteiger partial charge in [0.1, 0.15) is 5.75 Å². The van der Waals surface area contributed by atoms with Gasteiger partial charge in [-0.1, -0.05) is 18.2 Å². The molecular formula is C26H21F2N5O. The lowest BCUT2D eigenvalue weighted by atomic mass is 9.96. The van der Waals surface area contributed by atoms with E-state index in [9.17, 15) is 8.78 Å². The van der Waals surface area contributed by atoms with Gasteiger partial charge in [-0.25, -0.2) is 9.97 Å². The molecule has 4 heterocycles. The van der Waals surface area contributed by atoms with E-state index in [-0.39, 0.29) is 5.75 Å². The minimum Gasteiger partial charge on any atom is -0.435 e. The first kappa shape index (κ1) is 20.5. The van der Waals surface area contributed by atoms with Crippen LogP contribution in [0, 0.1) is 0 Å². The van der Waals surface area contributed by atoms with Crippen molar-refractivity contribution in [3.8, 4) is 5.75 Å². The number of halogens is 2. The second kappa shape index (κ2) is 8.37. The zero-order valence-electron chi connectivity index (χ0n) is 18.2. The van der Waals surface area contributed by atoms with Crippen LogP contribution < -0.4 is 14.5 Å². The molecule has 8 heteroatoms. The summed E-state index contributed by atoms with van der Waals surface area (Å²) in [5, 5.41) is 1.05. The van der Waals surface area contributed by atoms with Crippen LogP contribution in [-0.4, -0.2) is 34.7 Å². The molecule has 1 fully saturated rings. The summed E-state index contributed by atoms with van der Waals surface area (Å²) in [5.41, 5.74) is 5.58. The first-order valence-electron chi connectivity index (χ1n) is 11.1. The second-order valence-corrected chi connectivity index (χ2v) is 8.34. The number of anilines is 2. The van der Waals surface area contributed by atoms with Gasteiger partial charge in [0.05, 0.1) is 17.8 Å². The van der Waals surface area contributed by atoms with E-state index in [0.717, 1.165) is 64.4 Å². The number of benzene rings is 2. The maximum atomic E-state index is 12.6. The maximum absolute atomic E-state index is 12.6. The molecule has 2 aliphatic rings. The third kappa shape index (κ3) is 3.81. The second-order valence-electron chi connectivity index (χ2n) is 8.34. The van der Waals surface area contributed by atoms with Gasteiger partial charge in [0.25, 0.3) is 0 Å². The first-order chi connectivity index (χ1) is 16.6. The minimum atomic E-state index is -2.86. The summed E-state index contributed by atoms with van der Waals surface area (Å²) in [6.07, 6.45) is 6.88. The average molecular weight is 457 g/mol. The molecule has 2 aromatic carbocycles. The normalized spacial score (nSPS) is 15.2. The van der Waals surface area contributed by atoms with Crippen LogP contribution in [-0.2, 0) is 6.54 Å². The van der Waals surface area contributed by atoms with E-state index in [2.05, 4.69) is 36.8 Å². The molecule has 2 aliphatic heterocycles. The number of ether oxygens (including phenoxy) is 1. The lowest BCUT2D eigenvalue weighted by Gasteiger charge is -2.33. The zero-order chi connectivity index (χ0) is 23.1. The Morgan fingerprint density at radius 2 is 1.82 bits per heavy atom. The molecule has 0 radical (unpaired) electrons. The van der Waals surface area contributed by atoms with Gasteiger partial charge < -0.3 is 14.5 Å². The summed E-state index contributed by atoms with van der Waals surface area (Å²) in [4.78, 5) is 18.2. The molecule has 4 aromatic rings. The van der Waals surface area contributed by atoms with Crippen LogP contribution in [0.1, 0.15) is 23.2 Å². The summed E-state index contributed by atoms with van der Waals surface area (Å²) >= 11 is 0. The SMILES string of the molecule is FC(F)Oc1ccc(C2=CN(c3ccc4ncccc4c3)Cc3cnc(N4CCC4)nc32)cc1. The van der Waals surface area contributed by atoms with Crippen LogP contribution in [0.3, 0.4) is 0 Å². The van der Waals surface area contributed by atoms with Crippen molar-refractivity contribution in [3.05, 3.63) is 90.0 Å². The quantitative estimate of drug-likeness (QED) is 0.408. The fraction of sp³-hybridized carbons (Fsp3) is 0.192. The minimum absolute atomic E-state index is 0.123. The van der Waals surface area contributed by atoms with Crippen LogP contribution in [0.4, 0.5) is 20.4 Å². The summed E-state index contributed by atoms with van der Waals surface area (Å²) in [7, 11) is 0. The topological polar surface area (TPSA) is 54.4 Å². The Bertz CT molecular complexity index is 1390. The van der Waals surface area contributed by atoms with Crippen molar-refractivity contribution in [2.45, 2.75) is 19.6 Å². The summed E-state index contributed by atoms with van der Waals surface area (Å²) in [5.74, 6) is 0.844. The molecule has 0 N–H and O–H groups in total. The highest BCUT2D eigenvalue weighted by Gasteiger charge is 2.25. The summed E-state index contributed by atoms with van der Waals surface area (Å²) in [6.45, 7) is -0.328. The van der Waals surface area contributed by atoms with E-state index in [4.69, 9.17) is 4.98 Å². The molecule has 6 nitrogen and oxygen atoms in total. The Morgan fingerprint density at radius 1 is 0.971 bits per heavy atom. The molecular weight excluding hydrogens is 436 g/mol. The third-order valence-electron chi connectivity index (χ3n) is 6.18. The third-order valence-corrected chi connectivity index (χ3v) is 6.18. The van der Waals surface area contributed by atoms with E-state index >= 15 is 0 Å². The fourth-order valence-electron chi connectivity index (χ4n) is 4.30. The Morgan fingerprint density at radius 3 is 2.59 bits per heavy atom. The highest BCUT2D eigenvalue weighted by molar-refractivity contribution is 5.86. The van der Waals surface area contributed by atoms with Crippen molar-refractivity contribution in [2.24, 2.45) is 0 Å². The smallest absolute Gasteiger partial charge is 0.387 e. The summed E-state index contributed by atoms with van der Waals surface area (Å²) < 4.78 is 29.8. The van der Waals surface area contributed by atoms with Gasteiger partial charge in [-0.2, -0.15) is 8.78 Å². The van der Waals surface area contributed by atoms with Crippen molar-refractivity contribution >= 4 is 28.1 Å². The molecule has 6 rings (SSSR count). The van der Waals surface area contributed by atoms with E-state index < -0.39 is 6.61 Å². The van der Waals surface area contributed by atoms with Crippen molar-refractivity contribution in [1.29, 1.82) is 0 Å².